The summed E-state index contributed by atoms with van der Waals surface area (Å²) in [6.45, 7) is 14.2. The Hall–Kier alpha value is -2.35. The first-order valence-electron chi connectivity index (χ1n) is 7.08. The number of aromatic nitrogens is 2. The van der Waals surface area contributed by atoms with Crippen molar-refractivity contribution in [2.24, 2.45) is 0 Å². The summed E-state index contributed by atoms with van der Waals surface area (Å²) >= 11 is 0. The second-order valence-electron chi connectivity index (χ2n) is 6.03. The average Bonchev–Trinajstić information content (AvgIpc) is 2.82. The van der Waals surface area contributed by atoms with Gasteiger partial charge in [0.15, 0.2) is 0 Å². The standard InChI is InChI=1S/C19H22N2/c1-6-8-16-17(9-7-2)20-21-18(16)14-10-12-15(13-11-14)19(3,4)5/h6-13,20H,1-2H2,3-5H3/b16-8+,17-9+. The van der Waals surface area contributed by atoms with Gasteiger partial charge >= 0.3 is 0 Å². The van der Waals surface area contributed by atoms with Crippen LogP contribution in [-0.4, -0.2) is 10.2 Å². The van der Waals surface area contributed by atoms with E-state index >= 15 is 0 Å². The molecule has 1 heterocycles. The molecule has 0 fully saturated rings. The summed E-state index contributed by atoms with van der Waals surface area (Å²) in [6, 6.07) is 8.57. The fourth-order valence-electron chi connectivity index (χ4n) is 2.24. The van der Waals surface area contributed by atoms with Gasteiger partial charge in [0, 0.05) is 10.8 Å². The monoisotopic (exact) mass is 278 g/mol. The number of hydrogen-bond acceptors (Lipinski definition) is 1. The van der Waals surface area contributed by atoms with E-state index in [0.717, 1.165) is 21.8 Å². The van der Waals surface area contributed by atoms with E-state index in [9.17, 15) is 0 Å². The first-order valence-corrected chi connectivity index (χ1v) is 7.08. The molecule has 2 heteroatoms. The van der Waals surface area contributed by atoms with Crippen molar-refractivity contribution < 1.29 is 0 Å². The molecule has 1 N–H and O–H groups in total. The second-order valence-corrected chi connectivity index (χ2v) is 6.03. The van der Waals surface area contributed by atoms with Crippen LogP contribution in [0.15, 0.2) is 49.6 Å². The highest BCUT2D eigenvalue weighted by Crippen LogP contribution is 2.24. The molecule has 2 rings (SSSR count). The van der Waals surface area contributed by atoms with Crippen molar-refractivity contribution in [3.63, 3.8) is 0 Å². The van der Waals surface area contributed by atoms with Crippen LogP contribution >= 0.6 is 0 Å². The zero-order valence-corrected chi connectivity index (χ0v) is 13.0. The van der Waals surface area contributed by atoms with Crippen molar-refractivity contribution in [3.05, 3.63) is 65.7 Å². The van der Waals surface area contributed by atoms with Gasteiger partial charge < -0.3 is 0 Å². The Kier molecular flexibility index (Phi) is 4.27. The molecule has 2 nitrogen and oxygen atoms in total. The lowest BCUT2D eigenvalue weighted by Gasteiger charge is -2.18. The zero-order chi connectivity index (χ0) is 15.5. The molecule has 2 aromatic rings. The molecule has 0 saturated carbocycles. The van der Waals surface area contributed by atoms with Crippen molar-refractivity contribution in [2.75, 3.05) is 0 Å². The van der Waals surface area contributed by atoms with E-state index in [4.69, 9.17) is 0 Å². The number of nitrogens with zero attached hydrogens (tertiary/aromatic N) is 1. The Morgan fingerprint density at radius 2 is 1.62 bits per heavy atom. The van der Waals surface area contributed by atoms with Crippen LogP contribution in [-0.2, 0) is 5.41 Å². The quantitative estimate of drug-likeness (QED) is 0.917. The predicted octanol–water partition coefficient (Wildman–Crippen LogP) is 3.31. The fraction of sp³-hybridized carbons (Fsp3) is 0.211. The zero-order valence-electron chi connectivity index (χ0n) is 13.0. The van der Waals surface area contributed by atoms with E-state index < -0.39 is 0 Å². The predicted molar refractivity (Wildman–Crippen MR) is 91.3 cm³/mol. The first-order chi connectivity index (χ1) is 9.97. The Balaban J connectivity index is 2.58. The van der Waals surface area contributed by atoms with Crippen LogP contribution < -0.4 is 10.6 Å². The van der Waals surface area contributed by atoms with Crippen molar-refractivity contribution in [1.82, 2.24) is 10.2 Å². The Labute approximate surface area is 126 Å². The molecule has 0 bridgehead atoms. The molecule has 0 spiro atoms. The van der Waals surface area contributed by atoms with Crippen LogP contribution in [0.2, 0.25) is 0 Å². The highest BCUT2D eigenvalue weighted by Gasteiger charge is 2.13. The summed E-state index contributed by atoms with van der Waals surface area (Å²) < 4.78 is 0. The molecule has 0 unspecified atom stereocenters. The third kappa shape index (κ3) is 3.22. The molecule has 0 saturated heterocycles. The molecule has 0 amide bonds. The van der Waals surface area contributed by atoms with Crippen LogP contribution in [0.4, 0.5) is 0 Å². The van der Waals surface area contributed by atoms with Gasteiger partial charge in [-0.2, -0.15) is 5.10 Å². The van der Waals surface area contributed by atoms with Crippen molar-refractivity contribution >= 4 is 12.2 Å². The molecule has 21 heavy (non-hydrogen) atoms. The smallest absolute Gasteiger partial charge is 0.0999 e. The van der Waals surface area contributed by atoms with Gasteiger partial charge in [0.1, 0.15) is 0 Å². The molecule has 108 valence electrons. The summed E-state index contributed by atoms with van der Waals surface area (Å²) in [5.74, 6) is 0. The molecule has 0 aliphatic heterocycles. The van der Waals surface area contributed by atoms with Crippen molar-refractivity contribution in [3.8, 4) is 11.3 Å². The minimum absolute atomic E-state index is 0.155. The molecule has 0 aliphatic carbocycles. The Bertz CT molecular complexity index is 753. The fourth-order valence-corrected chi connectivity index (χ4v) is 2.24. The summed E-state index contributed by atoms with van der Waals surface area (Å²) in [5.41, 5.74) is 3.50. The highest BCUT2D eigenvalue weighted by atomic mass is 15.1. The lowest BCUT2D eigenvalue weighted by molar-refractivity contribution is 0.590. The third-order valence-corrected chi connectivity index (χ3v) is 3.43. The largest absolute Gasteiger partial charge is 0.277 e. The van der Waals surface area contributed by atoms with Crippen LogP contribution in [0.25, 0.3) is 23.4 Å². The maximum atomic E-state index is 4.43. The summed E-state index contributed by atoms with van der Waals surface area (Å²) in [5, 5.41) is 9.46. The lowest BCUT2D eigenvalue weighted by atomic mass is 9.86. The molecular formula is C19H22N2. The molecule has 0 aliphatic rings. The molecule has 0 atom stereocenters. The van der Waals surface area contributed by atoms with Gasteiger partial charge in [-0.1, -0.05) is 76.4 Å². The third-order valence-electron chi connectivity index (χ3n) is 3.43. The summed E-state index contributed by atoms with van der Waals surface area (Å²) in [7, 11) is 0. The van der Waals surface area contributed by atoms with Gasteiger partial charge in [-0.25, -0.2) is 0 Å². The van der Waals surface area contributed by atoms with Crippen molar-refractivity contribution in [2.45, 2.75) is 26.2 Å². The van der Waals surface area contributed by atoms with E-state index in [1.54, 1.807) is 12.2 Å². The lowest BCUT2D eigenvalue weighted by Crippen LogP contribution is -2.23. The van der Waals surface area contributed by atoms with Crippen LogP contribution in [0, 0.1) is 0 Å². The van der Waals surface area contributed by atoms with E-state index in [0.29, 0.717) is 0 Å². The Morgan fingerprint density at radius 1 is 1.00 bits per heavy atom. The number of allylic oxidation sites excluding steroid dienone is 2. The SMILES string of the molecule is C=C/C=c1/c(-c2ccc(C(C)(C)C)cc2)n[nH]/c1=C/C=C. The maximum absolute atomic E-state index is 4.43. The average molecular weight is 278 g/mol. The number of H-pyrrole nitrogens is 1. The minimum Gasteiger partial charge on any atom is -0.277 e. The van der Waals surface area contributed by atoms with Crippen LogP contribution in [0.1, 0.15) is 26.3 Å². The van der Waals surface area contributed by atoms with Gasteiger partial charge in [0.25, 0.3) is 0 Å². The molecular weight excluding hydrogens is 256 g/mol. The van der Waals surface area contributed by atoms with E-state index in [-0.39, 0.29) is 5.41 Å². The normalized spacial score (nSPS) is 13.5. The van der Waals surface area contributed by atoms with Gasteiger partial charge in [-0.05, 0) is 17.1 Å². The second kappa shape index (κ2) is 5.96. The number of nitrogens with one attached hydrogen (secondary N) is 1. The van der Waals surface area contributed by atoms with Gasteiger partial charge in [0.2, 0.25) is 0 Å². The van der Waals surface area contributed by atoms with Gasteiger partial charge in [-0.3, -0.25) is 5.10 Å². The summed E-state index contributed by atoms with van der Waals surface area (Å²) in [6.07, 6.45) is 7.40. The van der Waals surface area contributed by atoms with E-state index in [1.807, 2.05) is 12.2 Å². The van der Waals surface area contributed by atoms with E-state index in [1.165, 1.54) is 5.56 Å². The minimum atomic E-state index is 0.155. The van der Waals surface area contributed by atoms with E-state index in [2.05, 4.69) is 68.4 Å². The van der Waals surface area contributed by atoms with Gasteiger partial charge in [0.05, 0.1) is 11.0 Å². The number of rotatable bonds is 3. The number of hydrogen-bond donors (Lipinski definition) is 1. The van der Waals surface area contributed by atoms with Crippen LogP contribution in [0.5, 0.6) is 0 Å². The summed E-state index contributed by atoms with van der Waals surface area (Å²) in [4.78, 5) is 0. The molecule has 0 radical (unpaired) electrons. The Morgan fingerprint density at radius 3 is 2.14 bits per heavy atom. The highest BCUT2D eigenvalue weighted by molar-refractivity contribution is 5.63. The number of benzene rings is 1. The molecule has 1 aromatic carbocycles. The number of aromatic amines is 1. The van der Waals surface area contributed by atoms with Crippen LogP contribution in [0.3, 0.4) is 0 Å². The van der Waals surface area contributed by atoms with Crippen molar-refractivity contribution in [1.29, 1.82) is 0 Å². The van der Waals surface area contributed by atoms with Gasteiger partial charge in [-0.15, -0.1) is 0 Å². The first kappa shape index (κ1) is 15.0. The maximum Gasteiger partial charge on any atom is 0.0999 e. The molecule has 1 aromatic heterocycles. The topological polar surface area (TPSA) is 28.7 Å².